The van der Waals surface area contributed by atoms with E-state index < -0.39 is 0 Å². The Morgan fingerprint density at radius 3 is 2.56 bits per heavy atom. The van der Waals surface area contributed by atoms with Crippen molar-refractivity contribution in [1.82, 2.24) is 10.2 Å². The van der Waals surface area contributed by atoms with Gasteiger partial charge in [-0.05, 0) is 36.1 Å². The second-order valence-corrected chi connectivity index (χ2v) is 5.09. The van der Waals surface area contributed by atoms with Gasteiger partial charge in [-0.2, -0.15) is 0 Å². The van der Waals surface area contributed by atoms with Gasteiger partial charge >= 0.3 is 0 Å². The third kappa shape index (κ3) is 2.47. The molecule has 1 saturated heterocycles. The lowest BCUT2D eigenvalue weighted by molar-refractivity contribution is 0.200. The van der Waals surface area contributed by atoms with E-state index in [1.807, 2.05) is 12.1 Å². The average molecular weight is 246 g/mol. The van der Waals surface area contributed by atoms with Crippen molar-refractivity contribution < 1.29 is 4.39 Å². The fraction of sp³-hybridized carbons (Fsp3) is 0.467. The third-order valence-corrected chi connectivity index (χ3v) is 3.94. The molecule has 1 N–H and O–H groups in total. The second kappa shape index (κ2) is 5.21. The molecule has 3 heteroatoms. The zero-order valence-corrected chi connectivity index (χ0v) is 10.5. The summed E-state index contributed by atoms with van der Waals surface area (Å²) in [6, 6.07) is 7.46. The summed E-state index contributed by atoms with van der Waals surface area (Å²) in [5.41, 5.74) is 2.55. The van der Waals surface area contributed by atoms with E-state index in [0.29, 0.717) is 6.04 Å². The first-order chi connectivity index (χ1) is 8.83. The van der Waals surface area contributed by atoms with Gasteiger partial charge < -0.3 is 5.32 Å². The molecule has 0 bridgehead atoms. The van der Waals surface area contributed by atoms with Crippen molar-refractivity contribution in [2.24, 2.45) is 0 Å². The molecule has 2 aliphatic rings. The summed E-state index contributed by atoms with van der Waals surface area (Å²) >= 11 is 0. The lowest BCUT2D eigenvalue weighted by Gasteiger charge is -2.31. The van der Waals surface area contributed by atoms with Crippen molar-refractivity contribution in [3.8, 4) is 0 Å². The van der Waals surface area contributed by atoms with Crippen LogP contribution in [0.1, 0.15) is 18.4 Å². The Kier molecular flexibility index (Phi) is 3.43. The molecule has 18 heavy (non-hydrogen) atoms. The molecule has 1 aliphatic carbocycles. The smallest absolute Gasteiger partial charge is 0.123 e. The molecule has 0 spiro atoms. The number of halogens is 1. The monoisotopic (exact) mass is 246 g/mol. The Labute approximate surface area is 107 Å². The minimum absolute atomic E-state index is 0.156. The molecule has 0 aromatic heterocycles. The van der Waals surface area contributed by atoms with Crippen molar-refractivity contribution in [3.63, 3.8) is 0 Å². The van der Waals surface area contributed by atoms with E-state index in [0.717, 1.165) is 32.6 Å². The maximum Gasteiger partial charge on any atom is 0.123 e. The molecular formula is C15H19FN2. The molecule has 1 heterocycles. The Hall–Kier alpha value is -1.19. The summed E-state index contributed by atoms with van der Waals surface area (Å²) in [4.78, 5) is 2.55. The van der Waals surface area contributed by atoms with Gasteiger partial charge in [0.1, 0.15) is 5.82 Å². The van der Waals surface area contributed by atoms with Gasteiger partial charge in [0.15, 0.2) is 0 Å². The lowest BCUT2D eigenvalue weighted by atomic mass is 10.1. The Bertz CT molecular complexity index is 432. The van der Waals surface area contributed by atoms with E-state index in [1.54, 1.807) is 12.1 Å². The van der Waals surface area contributed by atoms with Crippen LogP contribution in [0.3, 0.4) is 0 Å². The van der Waals surface area contributed by atoms with Crippen molar-refractivity contribution in [1.29, 1.82) is 0 Å². The summed E-state index contributed by atoms with van der Waals surface area (Å²) in [6.07, 6.45) is 4.69. The Morgan fingerprint density at radius 1 is 1.11 bits per heavy atom. The molecular weight excluding hydrogens is 227 g/mol. The largest absolute Gasteiger partial charge is 0.314 e. The van der Waals surface area contributed by atoms with Gasteiger partial charge in [-0.15, -0.1) is 0 Å². The molecule has 0 amide bonds. The summed E-state index contributed by atoms with van der Waals surface area (Å²) in [5.74, 6) is -0.156. The first-order valence-corrected chi connectivity index (χ1v) is 6.74. The molecule has 1 unspecified atom stereocenters. The van der Waals surface area contributed by atoms with Crippen LogP contribution in [-0.2, 0) is 0 Å². The van der Waals surface area contributed by atoms with Crippen LogP contribution >= 0.6 is 0 Å². The highest BCUT2D eigenvalue weighted by Crippen LogP contribution is 2.30. The zero-order valence-electron chi connectivity index (χ0n) is 10.5. The zero-order chi connectivity index (χ0) is 12.4. The highest BCUT2D eigenvalue weighted by atomic mass is 19.1. The molecule has 0 radical (unpaired) electrons. The van der Waals surface area contributed by atoms with E-state index in [9.17, 15) is 4.39 Å². The van der Waals surface area contributed by atoms with Gasteiger partial charge in [-0.25, -0.2) is 4.39 Å². The maximum absolute atomic E-state index is 12.9. The van der Waals surface area contributed by atoms with Gasteiger partial charge in [0.2, 0.25) is 0 Å². The fourth-order valence-electron chi connectivity index (χ4n) is 2.91. The molecule has 3 rings (SSSR count). The summed E-state index contributed by atoms with van der Waals surface area (Å²) in [7, 11) is 0. The molecule has 1 atom stereocenters. The molecule has 1 aliphatic heterocycles. The number of hydrogen-bond donors (Lipinski definition) is 1. The number of rotatable bonds is 2. The van der Waals surface area contributed by atoms with E-state index in [-0.39, 0.29) is 5.82 Å². The summed E-state index contributed by atoms with van der Waals surface area (Å²) in [5, 5.41) is 3.38. The Balaban J connectivity index is 1.72. The third-order valence-electron chi connectivity index (χ3n) is 3.94. The normalized spacial score (nSPS) is 25.2. The van der Waals surface area contributed by atoms with Crippen LogP contribution in [0, 0.1) is 5.82 Å². The number of benzene rings is 1. The standard InChI is InChI=1S/C15H19FN2/c16-14-4-1-12(2-5-14)13-3-6-15(11-13)18-9-7-17-8-10-18/h1-2,4-5,11,15,17H,3,6-10H2. The Morgan fingerprint density at radius 2 is 1.83 bits per heavy atom. The van der Waals surface area contributed by atoms with Crippen molar-refractivity contribution in [3.05, 3.63) is 41.7 Å². The summed E-state index contributed by atoms with van der Waals surface area (Å²) in [6.45, 7) is 4.46. The van der Waals surface area contributed by atoms with E-state index in [4.69, 9.17) is 0 Å². The number of nitrogens with one attached hydrogen (secondary N) is 1. The number of hydrogen-bond acceptors (Lipinski definition) is 2. The minimum atomic E-state index is -0.156. The first kappa shape index (κ1) is 11.9. The van der Waals surface area contributed by atoms with Crippen molar-refractivity contribution in [2.45, 2.75) is 18.9 Å². The van der Waals surface area contributed by atoms with Gasteiger partial charge in [0.05, 0.1) is 0 Å². The molecule has 96 valence electrons. The van der Waals surface area contributed by atoms with Crippen LogP contribution in [0.5, 0.6) is 0 Å². The summed E-state index contributed by atoms with van der Waals surface area (Å²) < 4.78 is 12.9. The molecule has 1 aromatic rings. The minimum Gasteiger partial charge on any atom is -0.314 e. The van der Waals surface area contributed by atoms with Crippen molar-refractivity contribution >= 4 is 5.57 Å². The van der Waals surface area contributed by atoms with Crippen LogP contribution < -0.4 is 5.32 Å². The quantitative estimate of drug-likeness (QED) is 0.861. The van der Waals surface area contributed by atoms with E-state index in [1.165, 1.54) is 17.6 Å². The maximum atomic E-state index is 12.9. The fourth-order valence-corrected chi connectivity index (χ4v) is 2.91. The molecule has 1 fully saturated rings. The number of nitrogens with zero attached hydrogens (tertiary/aromatic N) is 1. The van der Waals surface area contributed by atoms with E-state index >= 15 is 0 Å². The van der Waals surface area contributed by atoms with Gasteiger partial charge in [0.25, 0.3) is 0 Å². The van der Waals surface area contributed by atoms with Gasteiger partial charge in [-0.1, -0.05) is 18.2 Å². The SMILES string of the molecule is Fc1ccc(C2=CC(N3CCNCC3)CC2)cc1. The highest BCUT2D eigenvalue weighted by Gasteiger charge is 2.23. The second-order valence-electron chi connectivity index (χ2n) is 5.09. The highest BCUT2D eigenvalue weighted by molar-refractivity contribution is 5.68. The number of piperazine rings is 1. The van der Waals surface area contributed by atoms with Crippen LogP contribution in [0.2, 0.25) is 0 Å². The molecule has 1 aromatic carbocycles. The van der Waals surface area contributed by atoms with E-state index in [2.05, 4.69) is 16.3 Å². The van der Waals surface area contributed by atoms with Crippen LogP contribution in [0.4, 0.5) is 4.39 Å². The van der Waals surface area contributed by atoms with Crippen LogP contribution in [0.15, 0.2) is 30.3 Å². The first-order valence-electron chi connectivity index (χ1n) is 6.74. The number of allylic oxidation sites excluding steroid dienone is 1. The predicted octanol–water partition coefficient (Wildman–Crippen LogP) is 2.28. The average Bonchev–Trinajstić information content (AvgIpc) is 2.90. The van der Waals surface area contributed by atoms with Crippen LogP contribution in [0.25, 0.3) is 5.57 Å². The van der Waals surface area contributed by atoms with Crippen LogP contribution in [-0.4, -0.2) is 37.1 Å². The van der Waals surface area contributed by atoms with Gasteiger partial charge in [0, 0.05) is 32.2 Å². The lowest BCUT2D eigenvalue weighted by Crippen LogP contribution is -2.47. The predicted molar refractivity (Wildman–Crippen MR) is 71.8 cm³/mol. The van der Waals surface area contributed by atoms with Crippen molar-refractivity contribution in [2.75, 3.05) is 26.2 Å². The molecule has 2 nitrogen and oxygen atoms in total. The molecule has 0 saturated carbocycles. The topological polar surface area (TPSA) is 15.3 Å². The van der Waals surface area contributed by atoms with Gasteiger partial charge in [-0.3, -0.25) is 4.90 Å².